The minimum atomic E-state index is -0.542. The average molecular weight is 219 g/mol. The highest BCUT2D eigenvalue weighted by Crippen LogP contribution is 2.12. The Hall–Kier alpha value is -2.17. The van der Waals surface area contributed by atoms with Crippen LogP contribution in [-0.4, -0.2) is 15.7 Å². The zero-order valence-electron chi connectivity index (χ0n) is 8.64. The lowest BCUT2D eigenvalue weighted by Crippen LogP contribution is -2.11. The molecule has 0 aliphatic rings. The fourth-order valence-electron chi connectivity index (χ4n) is 1.45. The monoisotopic (exact) mass is 219 g/mol. The van der Waals surface area contributed by atoms with Crippen molar-refractivity contribution in [1.29, 1.82) is 0 Å². The third-order valence-corrected chi connectivity index (χ3v) is 2.24. The molecule has 2 N–H and O–H groups in total. The van der Waals surface area contributed by atoms with Crippen molar-refractivity contribution in [2.45, 2.75) is 6.92 Å². The molecular weight excluding hydrogens is 209 g/mol. The second kappa shape index (κ2) is 3.77. The van der Waals surface area contributed by atoms with Crippen LogP contribution in [0.1, 0.15) is 16.1 Å². The van der Waals surface area contributed by atoms with E-state index in [0.717, 1.165) is 0 Å². The summed E-state index contributed by atoms with van der Waals surface area (Å²) in [6, 6.07) is 5.94. The van der Waals surface area contributed by atoms with E-state index in [1.807, 2.05) is 0 Å². The number of benzene rings is 1. The number of rotatable bonds is 2. The molecule has 0 spiro atoms. The first-order chi connectivity index (χ1) is 7.58. The van der Waals surface area contributed by atoms with Crippen molar-refractivity contribution in [2.24, 2.45) is 5.73 Å². The average Bonchev–Trinajstić information content (AvgIpc) is 2.60. The number of primary amides is 1. The highest BCUT2D eigenvalue weighted by atomic mass is 19.1. The summed E-state index contributed by atoms with van der Waals surface area (Å²) in [6.45, 7) is 1.68. The molecule has 0 saturated heterocycles. The maximum absolute atomic E-state index is 13.0. The molecule has 0 unspecified atom stereocenters. The standard InChI is InChI=1S/C11H10FN3O/c1-7-10(11(13)16)6-15(14-7)9-4-2-3-8(12)5-9/h2-6H,1H3,(H2,13,16). The van der Waals surface area contributed by atoms with Gasteiger partial charge in [-0.3, -0.25) is 4.79 Å². The normalized spacial score (nSPS) is 10.4. The molecule has 0 atom stereocenters. The molecule has 1 aromatic heterocycles. The summed E-state index contributed by atoms with van der Waals surface area (Å²) in [5.74, 6) is -0.897. The third kappa shape index (κ3) is 1.79. The zero-order chi connectivity index (χ0) is 11.7. The number of nitrogens with zero attached hydrogens (tertiary/aromatic N) is 2. The highest BCUT2D eigenvalue weighted by Gasteiger charge is 2.10. The molecule has 1 aromatic carbocycles. The number of aromatic nitrogens is 2. The number of amides is 1. The molecule has 0 bridgehead atoms. The third-order valence-electron chi connectivity index (χ3n) is 2.24. The lowest BCUT2D eigenvalue weighted by atomic mass is 10.2. The molecule has 1 heterocycles. The Bertz CT molecular complexity index is 548. The molecule has 0 radical (unpaired) electrons. The number of carbonyl (C=O) groups excluding carboxylic acids is 1. The smallest absolute Gasteiger partial charge is 0.252 e. The molecule has 1 amide bonds. The van der Waals surface area contributed by atoms with Crippen molar-refractivity contribution in [3.8, 4) is 5.69 Å². The van der Waals surface area contributed by atoms with Gasteiger partial charge in [-0.15, -0.1) is 0 Å². The summed E-state index contributed by atoms with van der Waals surface area (Å²) in [5.41, 5.74) is 6.58. The van der Waals surface area contributed by atoms with Crippen molar-refractivity contribution in [1.82, 2.24) is 9.78 Å². The van der Waals surface area contributed by atoms with Gasteiger partial charge in [0, 0.05) is 6.20 Å². The largest absolute Gasteiger partial charge is 0.365 e. The van der Waals surface area contributed by atoms with Crippen LogP contribution in [0.25, 0.3) is 5.69 Å². The summed E-state index contributed by atoms with van der Waals surface area (Å²) in [4.78, 5) is 11.0. The van der Waals surface area contributed by atoms with E-state index >= 15 is 0 Å². The van der Waals surface area contributed by atoms with Crippen LogP contribution in [0.15, 0.2) is 30.5 Å². The minimum Gasteiger partial charge on any atom is -0.365 e. The molecule has 0 aliphatic heterocycles. The summed E-state index contributed by atoms with van der Waals surface area (Å²) in [5, 5.41) is 4.09. The number of aryl methyl sites for hydroxylation is 1. The second-order valence-corrected chi connectivity index (χ2v) is 3.42. The SMILES string of the molecule is Cc1nn(-c2cccc(F)c2)cc1C(N)=O. The van der Waals surface area contributed by atoms with E-state index < -0.39 is 5.91 Å². The van der Waals surface area contributed by atoms with Gasteiger partial charge in [0.2, 0.25) is 0 Å². The molecule has 4 nitrogen and oxygen atoms in total. The first-order valence-electron chi connectivity index (χ1n) is 4.70. The minimum absolute atomic E-state index is 0.337. The van der Waals surface area contributed by atoms with Gasteiger partial charge in [-0.25, -0.2) is 9.07 Å². The fraction of sp³-hybridized carbons (Fsp3) is 0.0909. The topological polar surface area (TPSA) is 60.9 Å². The van der Waals surface area contributed by atoms with Crippen molar-refractivity contribution in [3.63, 3.8) is 0 Å². The lowest BCUT2D eigenvalue weighted by Gasteiger charge is -1.99. The molecule has 0 fully saturated rings. The fourth-order valence-corrected chi connectivity index (χ4v) is 1.45. The Morgan fingerprint density at radius 1 is 1.50 bits per heavy atom. The number of nitrogens with two attached hydrogens (primary N) is 1. The number of hydrogen-bond donors (Lipinski definition) is 1. The number of halogens is 1. The Labute approximate surface area is 91.5 Å². The Balaban J connectivity index is 2.49. The van der Waals surface area contributed by atoms with Crippen LogP contribution >= 0.6 is 0 Å². The summed E-state index contributed by atoms with van der Waals surface area (Å²) >= 11 is 0. The van der Waals surface area contributed by atoms with E-state index in [9.17, 15) is 9.18 Å². The quantitative estimate of drug-likeness (QED) is 0.830. The van der Waals surface area contributed by atoms with Gasteiger partial charge in [-0.05, 0) is 25.1 Å². The Morgan fingerprint density at radius 2 is 2.25 bits per heavy atom. The van der Waals surface area contributed by atoms with Crippen LogP contribution in [0.2, 0.25) is 0 Å². The van der Waals surface area contributed by atoms with E-state index in [0.29, 0.717) is 16.9 Å². The maximum atomic E-state index is 13.0. The van der Waals surface area contributed by atoms with E-state index in [1.54, 1.807) is 19.1 Å². The molecule has 16 heavy (non-hydrogen) atoms. The van der Waals surface area contributed by atoms with E-state index in [1.165, 1.54) is 23.0 Å². The molecule has 0 saturated carbocycles. The number of carbonyl (C=O) groups is 1. The number of hydrogen-bond acceptors (Lipinski definition) is 2. The van der Waals surface area contributed by atoms with Crippen molar-refractivity contribution < 1.29 is 9.18 Å². The van der Waals surface area contributed by atoms with Gasteiger partial charge in [-0.1, -0.05) is 6.07 Å². The summed E-state index contributed by atoms with van der Waals surface area (Å²) in [7, 11) is 0. The highest BCUT2D eigenvalue weighted by molar-refractivity contribution is 5.93. The lowest BCUT2D eigenvalue weighted by molar-refractivity contribution is 0.0999. The van der Waals surface area contributed by atoms with E-state index in [-0.39, 0.29) is 5.82 Å². The van der Waals surface area contributed by atoms with E-state index in [2.05, 4.69) is 5.10 Å². The van der Waals surface area contributed by atoms with Crippen molar-refractivity contribution >= 4 is 5.91 Å². The molecule has 0 aliphatic carbocycles. The van der Waals surface area contributed by atoms with Crippen LogP contribution in [0.3, 0.4) is 0 Å². The van der Waals surface area contributed by atoms with Crippen molar-refractivity contribution in [3.05, 3.63) is 47.5 Å². The summed E-state index contributed by atoms with van der Waals surface area (Å²) < 4.78 is 14.4. The van der Waals surface area contributed by atoms with Crippen LogP contribution in [-0.2, 0) is 0 Å². The van der Waals surface area contributed by atoms with Crippen LogP contribution in [0.5, 0.6) is 0 Å². The second-order valence-electron chi connectivity index (χ2n) is 3.42. The van der Waals surface area contributed by atoms with E-state index in [4.69, 9.17) is 5.73 Å². The van der Waals surface area contributed by atoms with Gasteiger partial charge < -0.3 is 5.73 Å². The predicted molar refractivity (Wildman–Crippen MR) is 56.8 cm³/mol. The molecule has 82 valence electrons. The molecule has 5 heteroatoms. The first kappa shape index (κ1) is 10.4. The zero-order valence-corrected chi connectivity index (χ0v) is 8.64. The molecule has 2 rings (SSSR count). The van der Waals surface area contributed by atoms with Gasteiger partial charge in [0.25, 0.3) is 5.91 Å². The Kier molecular flexibility index (Phi) is 2.44. The molecular formula is C11H10FN3O. The van der Waals surface area contributed by atoms with Crippen LogP contribution in [0.4, 0.5) is 4.39 Å². The van der Waals surface area contributed by atoms with Crippen LogP contribution in [0, 0.1) is 12.7 Å². The first-order valence-corrected chi connectivity index (χ1v) is 4.70. The van der Waals surface area contributed by atoms with Gasteiger partial charge in [0.1, 0.15) is 5.82 Å². The van der Waals surface area contributed by atoms with Gasteiger partial charge in [0.05, 0.1) is 16.9 Å². The Morgan fingerprint density at radius 3 is 2.81 bits per heavy atom. The maximum Gasteiger partial charge on any atom is 0.252 e. The van der Waals surface area contributed by atoms with Gasteiger partial charge >= 0.3 is 0 Å². The van der Waals surface area contributed by atoms with Gasteiger partial charge in [-0.2, -0.15) is 5.10 Å². The van der Waals surface area contributed by atoms with Gasteiger partial charge in [0.15, 0.2) is 0 Å². The molecule has 2 aromatic rings. The van der Waals surface area contributed by atoms with Crippen molar-refractivity contribution in [2.75, 3.05) is 0 Å². The summed E-state index contributed by atoms with van der Waals surface area (Å²) in [6.07, 6.45) is 1.49. The predicted octanol–water partition coefficient (Wildman–Crippen LogP) is 1.42. The van der Waals surface area contributed by atoms with Crippen LogP contribution < -0.4 is 5.73 Å².